The van der Waals surface area contributed by atoms with Gasteiger partial charge in [-0.2, -0.15) is 0 Å². The van der Waals surface area contributed by atoms with Gasteiger partial charge in [0.05, 0.1) is 10.7 Å². The van der Waals surface area contributed by atoms with Gasteiger partial charge >= 0.3 is 0 Å². The van der Waals surface area contributed by atoms with Crippen molar-refractivity contribution < 1.29 is 0 Å². The number of hydrogen-bond donors (Lipinski definition) is 1. The summed E-state index contributed by atoms with van der Waals surface area (Å²) >= 11 is 18.0. The Balaban J connectivity index is 2.37. The van der Waals surface area contributed by atoms with Gasteiger partial charge in [-0.3, -0.25) is 0 Å². The molecule has 0 saturated heterocycles. The first-order valence-corrected chi connectivity index (χ1v) is 5.90. The number of benzene rings is 1. The monoisotopic (exact) mass is 287 g/mol. The second-order valence-corrected chi connectivity index (χ2v) is 4.57. The topological polar surface area (TPSA) is 37.8 Å². The van der Waals surface area contributed by atoms with Crippen LogP contribution in [0, 0.1) is 6.92 Å². The highest BCUT2D eigenvalue weighted by Crippen LogP contribution is 2.31. The van der Waals surface area contributed by atoms with Crippen molar-refractivity contribution in [3.8, 4) is 0 Å². The molecular formula is C11H8Cl3N3. The zero-order valence-corrected chi connectivity index (χ0v) is 11.1. The van der Waals surface area contributed by atoms with E-state index in [1.54, 1.807) is 12.1 Å². The number of aromatic nitrogens is 2. The number of halogens is 3. The summed E-state index contributed by atoms with van der Waals surface area (Å²) in [5.41, 5.74) is 1.55. The van der Waals surface area contributed by atoms with Crippen LogP contribution in [0.4, 0.5) is 11.5 Å². The molecule has 0 aliphatic rings. The minimum Gasteiger partial charge on any atom is -0.336 e. The van der Waals surface area contributed by atoms with E-state index >= 15 is 0 Å². The molecular weight excluding hydrogens is 281 g/mol. The number of anilines is 2. The number of hydrogen-bond acceptors (Lipinski definition) is 3. The Morgan fingerprint density at radius 1 is 1.00 bits per heavy atom. The highest BCUT2D eigenvalue weighted by Gasteiger charge is 2.08. The Labute approximate surface area is 114 Å². The van der Waals surface area contributed by atoms with Crippen LogP contribution in [0.2, 0.25) is 15.2 Å². The van der Waals surface area contributed by atoms with Crippen molar-refractivity contribution >= 4 is 46.3 Å². The second kappa shape index (κ2) is 5.08. The molecule has 0 radical (unpaired) electrons. The molecule has 2 rings (SSSR count). The van der Waals surface area contributed by atoms with Gasteiger partial charge in [-0.05, 0) is 24.6 Å². The summed E-state index contributed by atoms with van der Waals surface area (Å²) in [6, 6.07) is 3.50. The van der Waals surface area contributed by atoms with E-state index < -0.39 is 0 Å². The Bertz CT molecular complexity index is 558. The van der Waals surface area contributed by atoms with Crippen LogP contribution in [-0.4, -0.2) is 9.97 Å². The van der Waals surface area contributed by atoms with Crippen LogP contribution < -0.4 is 5.32 Å². The van der Waals surface area contributed by atoms with Crippen molar-refractivity contribution in [1.82, 2.24) is 9.97 Å². The Morgan fingerprint density at radius 2 is 1.71 bits per heavy atom. The number of nitrogens with zero attached hydrogens (tertiary/aromatic N) is 2. The molecule has 1 aromatic carbocycles. The summed E-state index contributed by atoms with van der Waals surface area (Å²) < 4.78 is 0. The molecule has 0 aliphatic carbocycles. The molecule has 1 heterocycles. The number of aryl methyl sites for hydroxylation is 1. The highest BCUT2D eigenvalue weighted by molar-refractivity contribution is 6.36. The molecule has 3 nitrogen and oxygen atoms in total. The molecule has 0 unspecified atom stereocenters. The number of rotatable bonds is 2. The molecule has 0 aliphatic heterocycles. The average Bonchev–Trinajstić information content (AvgIpc) is 2.29. The second-order valence-electron chi connectivity index (χ2n) is 3.40. The highest BCUT2D eigenvalue weighted by atomic mass is 35.5. The lowest BCUT2D eigenvalue weighted by Crippen LogP contribution is -1.96. The van der Waals surface area contributed by atoms with Crippen molar-refractivity contribution in [2.24, 2.45) is 0 Å². The largest absolute Gasteiger partial charge is 0.336 e. The lowest BCUT2D eigenvalue weighted by Gasteiger charge is -2.10. The molecule has 2 aromatic rings. The van der Waals surface area contributed by atoms with Gasteiger partial charge < -0.3 is 5.32 Å². The average molecular weight is 289 g/mol. The van der Waals surface area contributed by atoms with E-state index in [0.717, 1.165) is 5.56 Å². The summed E-state index contributed by atoms with van der Waals surface area (Å²) in [5, 5.41) is 4.44. The molecule has 88 valence electrons. The fourth-order valence-electron chi connectivity index (χ4n) is 1.27. The van der Waals surface area contributed by atoms with E-state index in [9.17, 15) is 0 Å². The minimum absolute atomic E-state index is 0.278. The maximum Gasteiger partial charge on any atom is 0.171 e. The predicted octanol–water partition coefficient (Wildman–Crippen LogP) is 4.49. The fraction of sp³-hybridized carbons (Fsp3) is 0.0909. The first-order valence-electron chi connectivity index (χ1n) is 4.77. The van der Waals surface area contributed by atoms with E-state index in [-0.39, 0.29) is 5.15 Å². The minimum atomic E-state index is 0.278. The predicted molar refractivity (Wildman–Crippen MR) is 71.5 cm³/mol. The summed E-state index contributed by atoms with van der Waals surface area (Å²) in [7, 11) is 0. The van der Waals surface area contributed by atoms with Crippen molar-refractivity contribution in [3.05, 3.63) is 45.3 Å². The first-order chi connectivity index (χ1) is 8.08. The third-order valence-electron chi connectivity index (χ3n) is 2.15. The van der Waals surface area contributed by atoms with Gasteiger partial charge in [0.15, 0.2) is 11.0 Å². The van der Waals surface area contributed by atoms with Crippen molar-refractivity contribution in [3.63, 3.8) is 0 Å². The van der Waals surface area contributed by atoms with Crippen LogP contribution in [-0.2, 0) is 0 Å². The van der Waals surface area contributed by atoms with Gasteiger partial charge in [-0.1, -0.05) is 34.8 Å². The zero-order valence-electron chi connectivity index (χ0n) is 8.84. The molecule has 1 aromatic heterocycles. The van der Waals surface area contributed by atoms with Crippen LogP contribution in [0.1, 0.15) is 5.56 Å². The van der Waals surface area contributed by atoms with Gasteiger partial charge in [0.2, 0.25) is 0 Å². The van der Waals surface area contributed by atoms with E-state index in [1.807, 2.05) is 6.92 Å². The van der Waals surface area contributed by atoms with Crippen molar-refractivity contribution in [2.75, 3.05) is 5.32 Å². The van der Waals surface area contributed by atoms with E-state index in [1.165, 1.54) is 12.4 Å². The standard InChI is InChI=1S/C11H8Cl3N3/c1-6-4-8(13)9(5-7(6)12)17-11-10(14)15-2-3-16-11/h2-5H,1H3,(H,16,17). The summed E-state index contributed by atoms with van der Waals surface area (Å²) in [4.78, 5) is 7.97. The van der Waals surface area contributed by atoms with Crippen LogP contribution in [0.25, 0.3) is 0 Å². The number of nitrogens with one attached hydrogen (secondary N) is 1. The first kappa shape index (κ1) is 12.4. The molecule has 17 heavy (non-hydrogen) atoms. The molecule has 0 spiro atoms. The third-order valence-corrected chi connectivity index (χ3v) is 3.15. The van der Waals surface area contributed by atoms with E-state index in [4.69, 9.17) is 34.8 Å². The van der Waals surface area contributed by atoms with Crippen LogP contribution >= 0.6 is 34.8 Å². The van der Waals surface area contributed by atoms with Gasteiger partial charge in [-0.15, -0.1) is 0 Å². The zero-order chi connectivity index (χ0) is 12.4. The molecule has 0 amide bonds. The molecule has 0 atom stereocenters. The Morgan fingerprint density at radius 3 is 2.41 bits per heavy atom. The van der Waals surface area contributed by atoms with Gasteiger partial charge in [0.25, 0.3) is 0 Å². The molecule has 1 N–H and O–H groups in total. The van der Waals surface area contributed by atoms with Crippen LogP contribution in [0.3, 0.4) is 0 Å². The van der Waals surface area contributed by atoms with Crippen molar-refractivity contribution in [2.45, 2.75) is 6.92 Å². The SMILES string of the molecule is Cc1cc(Cl)c(Nc2nccnc2Cl)cc1Cl. The summed E-state index contributed by atoms with van der Waals surface area (Å²) in [5.74, 6) is 0.441. The smallest absolute Gasteiger partial charge is 0.171 e. The van der Waals surface area contributed by atoms with Crippen LogP contribution in [0.5, 0.6) is 0 Å². The third kappa shape index (κ3) is 2.80. The van der Waals surface area contributed by atoms with Gasteiger partial charge in [0.1, 0.15) is 0 Å². The maximum absolute atomic E-state index is 6.09. The Hall–Kier alpha value is -1.03. The fourth-order valence-corrected chi connectivity index (χ4v) is 1.86. The molecule has 6 heteroatoms. The summed E-state index contributed by atoms with van der Waals surface area (Å²) in [6.45, 7) is 1.88. The van der Waals surface area contributed by atoms with Crippen molar-refractivity contribution in [1.29, 1.82) is 0 Å². The molecule has 0 bridgehead atoms. The lowest BCUT2D eigenvalue weighted by molar-refractivity contribution is 1.20. The molecule has 0 saturated carbocycles. The molecule has 0 fully saturated rings. The maximum atomic E-state index is 6.09. The van der Waals surface area contributed by atoms with Gasteiger partial charge in [-0.25, -0.2) is 9.97 Å². The van der Waals surface area contributed by atoms with Crippen LogP contribution in [0.15, 0.2) is 24.5 Å². The van der Waals surface area contributed by atoms with E-state index in [0.29, 0.717) is 21.6 Å². The Kier molecular flexibility index (Phi) is 3.72. The van der Waals surface area contributed by atoms with E-state index in [2.05, 4.69) is 15.3 Å². The quantitative estimate of drug-likeness (QED) is 0.885. The van der Waals surface area contributed by atoms with Gasteiger partial charge in [0, 0.05) is 17.4 Å². The normalized spacial score (nSPS) is 10.4. The lowest BCUT2D eigenvalue weighted by atomic mass is 10.2. The summed E-state index contributed by atoms with van der Waals surface area (Å²) in [6.07, 6.45) is 3.05.